The number of benzene rings is 1. The van der Waals surface area contributed by atoms with Crippen molar-refractivity contribution in [2.75, 3.05) is 6.61 Å². The summed E-state index contributed by atoms with van der Waals surface area (Å²) in [6, 6.07) is 7.73. The minimum atomic E-state index is -1.93. The second kappa shape index (κ2) is 6.91. The van der Waals surface area contributed by atoms with E-state index in [9.17, 15) is 4.79 Å². The number of carbonyl (C=O) groups excluding carboxylic acids is 1. The van der Waals surface area contributed by atoms with Gasteiger partial charge in [-0.05, 0) is 58.1 Å². The Kier molecular flexibility index (Phi) is 5.65. The summed E-state index contributed by atoms with van der Waals surface area (Å²) in [6.45, 7) is 13.1. The topological polar surface area (TPSA) is 35.5 Å². The van der Waals surface area contributed by atoms with Crippen LogP contribution in [-0.4, -0.2) is 26.8 Å². The first-order valence-electron chi connectivity index (χ1n) is 8.63. The molecule has 3 nitrogen and oxygen atoms in total. The fourth-order valence-corrected chi connectivity index (χ4v) is 5.27. The lowest BCUT2D eigenvalue weighted by molar-refractivity contribution is -0.165. The molecule has 0 saturated heterocycles. The van der Waals surface area contributed by atoms with E-state index in [0.717, 1.165) is 5.56 Å². The van der Waals surface area contributed by atoms with Crippen molar-refractivity contribution < 1.29 is 14.0 Å². The molecule has 2 rings (SSSR count). The Hall–Kier alpha value is -0.683. The highest BCUT2D eigenvalue weighted by molar-refractivity contribution is 6.69. The number of hydrogen-bond donors (Lipinski definition) is 0. The molecule has 1 aromatic carbocycles. The van der Waals surface area contributed by atoms with Crippen LogP contribution in [0.25, 0.3) is 0 Å². The van der Waals surface area contributed by atoms with Crippen molar-refractivity contribution in [1.29, 1.82) is 0 Å². The fourth-order valence-electron chi connectivity index (χ4n) is 3.64. The van der Waals surface area contributed by atoms with Gasteiger partial charge in [0.2, 0.25) is 0 Å². The smallest absolute Gasteiger partial charge is 0.185 e. The number of halogens is 1. The van der Waals surface area contributed by atoms with Crippen LogP contribution in [0.5, 0.6) is 0 Å². The number of Topliss-reactive ketones (excluding diaryl/α,β-unsaturated/α-hetero) is 1. The second-order valence-electron chi connectivity index (χ2n) is 8.08. The summed E-state index contributed by atoms with van der Waals surface area (Å²) in [6.07, 6.45) is 1.03. The third-order valence-electron chi connectivity index (χ3n) is 4.83. The Labute approximate surface area is 151 Å². The zero-order valence-electron chi connectivity index (χ0n) is 15.6. The van der Waals surface area contributed by atoms with Gasteiger partial charge in [0, 0.05) is 24.5 Å². The van der Waals surface area contributed by atoms with Crippen LogP contribution in [0.3, 0.4) is 0 Å². The van der Waals surface area contributed by atoms with E-state index in [0.29, 0.717) is 24.5 Å². The van der Waals surface area contributed by atoms with Crippen LogP contribution in [0.2, 0.25) is 24.7 Å². The summed E-state index contributed by atoms with van der Waals surface area (Å²) in [7, 11) is -1.93. The quantitative estimate of drug-likeness (QED) is 0.671. The standard InChI is InChI=1S/C19H29ClO3Si/c1-7-22-16-12-17(21)18(2,3)19(13-16,23-24(4,5)6)14-8-10-15(20)11-9-14/h8-11,16H,7,12-13H2,1-6H3/t16-,19-/m1/s1. The molecule has 0 aliphatic heterocycles. The lowest BCUT2D eigenvalue weighted by atomic mass is 9.61. The molecule has 0 heterocycles. The van der Waals surface area contributed by atoms with Crippen molar-refractivity contribution in [3.05, 3.63) is 34.9 Å². The number of ketones is 1. The van der Waals surface area contributed by atoms with Gasteiger partial charge in [-0.3, -0.25) is 4.79 Å². The van der Waals surface area contributed by atoms with Crippen LogP contribution in [0.1, 0.15) is 39.2 Å². The van der Waals surface area contributed by atoms with Crippen molar-refractivity contribution in [2.24, 2.45) is 5.41 Å². The highest BCUT2D eigenvalue weighted by atomic mass is 35.5. The molecule has 0 bridgehead atoms. The van der Waals surface area contributed by atoms with Gasteiger partial charge in [-0.1, -0.05) is 23.7 Å². The zero-order valence-corrected chi connectivity index (χ0v) is 17.4. The second-order valence-corrected chi connectivity index (χ2v) is 12.9. The molecule has 0 unspecified atom stereocenters. The Morgan fingerprint density at radius 2 is 1.79 bits per heavy atom. The molecular formula is C19H29ClO3Si. The number of hydrogen-bond acceptors (Lipinski definition) is 3. The van der Waals surface area contributed by atoms with Crippen LogP contribution in [0.15, 0.2) is 24.3 Å². The zero-order chi connectivity index (χ0) is 18.2. The van der Waals surface area contributed by atoms with Crippen molar-refractivity contribution in [3.8, 4) is 0 Å². The molecule has 0 N–H and O–H groups in total. The summed E-state index contributed by atoms with van der Waals surface area (Å²) in [4.78, 5) is 13.0. The predicted molar refractivity (Wildman–Crippen MR) is 101 cm³/mol. The third-order valence-corrected chi connectivity index (χ3v) is 6.04. The van der Waals surface area contributed by atoms with E-state index in [1.54, 1.807) is 0 Å². The molecule has 134 valence electrons. The lowest BCUT2D eigenvalue weighted by Gasteiger charge is -2.53. The monoisotopic (exact) mass is 368 g/mol. The largest absolute Gasteiger partial charge is 0.407 e. The van der Waals surface area contributed by atoms with Gasteiger partial charge in [0.1, 0.15) is 5.78 Å². The third kappa shape index (κ3) is 3.77. The number of carbonyl (C=O) groups is 1. The van der Waals surface area contributed by atoms with Crippen molar-refractivity contribution in [3.63, 3.8) is 0 Å². The first kappa shape index (κ1) is 19.6. The van der Waals surface area contributed by atoms with Gasteiger partial charge < -0.3 is 9.16 Å². The average molecular weight is 369 g/mol. The molecule has 1 saturated carbocycles. The van der Waals surface area contributed by atoms with E-state index in [1.807, 2.05) is 45.0 Å². The van der Waals surface area contributed by atoms with E-state index < -0.39 is 19.3 Å². The first-order valence-corrected chi connectivity index (χ1v) is 12.4. The highest BCUT2D eigenvalue weighted by Gasteiger charge is 2.57. The molecule has 1 aliphatic rings. The maximum atomic E-state index is 13.0. The Balaban J connectivity index is 2.60. The van der Waals surface area contributed by atoms with Gasteiger partial charge in [-0.15, -0.1) is 0 Å². The van der Waals surface area contributed by atoms with E-state index in [1.165, 1.54) is 0 Å². The molecule has 5 heteroatoms. The van der Waals surface area contributed by atoms with E-state index >= 15 is 0 Å². The average Bonchev–Trinajstić information content (AvgIpc) is 2.44. The Morgan fingerprint density at radius 3 is 2.29 bits per heavy atom. The van der Waals surface area contributed by atoms with Gasteiger partial charge in [-0.2, -0.15) is 0 Å². The summed E-state index contributed by atoms with van der Waals surface area (Å²) in [5.74, 6) is 0.195. The van der Waals surface area contributed by atoms with Crippen LogP contribution in [0.4, 0.5) is 0 Å². The molecular weight excluding hydrogens is 340 g/mol. The molecule has 0 spiro atoms. The van der Waals surface area contributed by atoms with Gasteiger partial charge in [0.15, 0.2) is 8.32 Å². The maximum Gasteiger partial charge on any atom is 0.185 e. The highest BCUT2D eigenvalue weighted by Crippen LogP contribution is 2.53. The van der Waals surface area contributed by atoms with Crippen molar-refractivity contribution >= 4 is 25.7 Å². The summed E-state index contributed by atoms with van der Waals surface area (Å²) in [5, 5.41) is 0.684. The Morgan fingerprint density at radius 1 is 1.21 bits per heavy atom. The molecule has 0 aromatic heterocycles. The van der Waals surface area contributed by atoms with Gasteiger partial charge in [0.05, 0.1) is 17.1 Å². The van der Waals surface area contributed by atoms with E-state index in [2.05, 4.69) is 19.6 Å². The fraction of sp³-hybridized carbons (Fsp3) is 0.632. The van der Waals surface area contributed by atoms with Gasteiger partial charge in [-0.25, -0.2) is 0 Å². The molecule has 0 amide bonds. The molecule has 1 aromatic rings. The van der Waals surface area contributed by atoms with Crippen LogP contribution < -0.4 is 0 Å². The predicted octanol–water partition coefficient (Wildman–Crippen LogP) is 5.18. The summed E-state index contributed by atoms with van der Waals surface area (Å²) >= 11 is 6.08. The minimum absolute atomic E-state index is 0.109. The van der Waals surface area contributed by atoms with Gasteiger partial charge >= 0.3 is 0 Å². The lowest BCUT2D eigenvalue weighted by Crippen LogP contribution is -2.58. The van der Waals surface area contributed by atoms with Crippen LogP contribution in [0, 0.1) is 5.41 Å². The molecule has 24 heavy (non-hydrogen) atoms. The summed E-state index contributed by atoms with van der Waals surface area (Å²) < 4.78 is 12.6. The van der Waals surface area contributed by atoms with E-state index in [-0.39, 0.29) is 11.9 Å². The van der Waals surface area contributed by atoms with Crippen LogP contribution in [-0.2, 0) is 19.6 Å². The van der Waals surface area contributed by atoms with Crippen LogP contribution >= 0.6 is 11.6 Å². The van der Waals surface area contributed by atoms with Crippen molar-refractivity contribution in [2.45, 2.75) is 65.0 Å². The molecule has 2 atom stereocenters. The molecule has 1 fully saturated rings. The summed E-state index contributed by atoms with van der Waals surface area (Å²) in [5.41, 5.74) is -0.288. The Bertz CT molecular complexity index is 592. The number of rotatable bonds is 5. The molecule has 1 aliphatic carbocycles. The molecule has 0 radical (unpaired) electrons. The minimum Gasteiger partial charge on any atom is -0.407 e. The van der Waals surface area contributed by atoms with Gasteiger partial charge in [0.25, 0.3) is 0 Å². The van der Waals surface area contributed by atoms with E-state index in [4.69, 9.17) is 20.8 Å². The van der Waals surface area contributed by atoms with Crippen molar-refractivity contribution in [1.82, 2.24) is 0 Å². The SMILES string of the molecule is CCO[C@@H]1CC(=O)C(C)(C)[C@](O[Si](C)(C)C)(c2ccc(Cl)cc2)C1. The number of ether oxygens (including phenoxy) is 1. The maximum absolute atomic E-state index is 13.0. The normalized spacial score (nSPS) is 27.3. The first-order chi connectivity index (χ1) is 11.0.